The number of nitrogens with one attached hydrogen (secondary N) is 1. The molecule has 0 aliphatic rings. The second-order valence-corrected chi connectivity index (χ2v) is 5.73. The third kappa shape index (κ3) is 3.54. The highest BCUT2D eigenvalue weighted by atomic mass is 16.4. The maximum absolute atomic E-state index is 12.1. The van der Waals surface area contributed by atoms with E-state index in [1.54, 1.807) is 43.3 Å². The fourth-order valence-corrected chi connectivity index (χ4v) is 2.49. The normalized spacial score (nSPS) is 11.0. The molecule has 2 aromatic carbocycles. The molecule has 136 valence electrons. The van der Waals surface area contributed by atoms with Crippen LogP contribution in [0.4, 0.5) is 5.69 Å². The number of aromatic amines is 1. The summed E-state index contributed by atoms with van der Waals surface area (Å²) in [7, 11) is 0. The number of H-pyrrole nitrogens is 1. The Morgan fingerprint density at radius 2 is 1.85 bits per heavy atom. The van der Waals surface area contributed by atoms with Gasteiger partial charge in [0.05, 0.1) is 16.9 Å². The number of aryl methyl sites for hydroxylation is 1. The van der Waals surface area contributed by atoms with Gasteiger partial charge in [-0.15, -0.1) is 0 Å². The second-order valence-electron chi connectivity index (χ2n) is 5.73. The number of aromatic nitrogens is 2. The summed E-state index contributed by atoms with van der Waals surface area (Å²) in [6.07, 6.45) is 1.10. The molecule has 0 aliphatic carbocycles. The topological polar surface area (TPSA) is 125 Å². The zero-order valence-electron chi connectivity index (χ0n) is 14.2. The first-order chi connectivity index (χ1) is 12.9. The molecular formula is C19H15N3O5. The molecule has 0 amide bonds. The van der Waals surface area contributed by atoms with Crippen LogP contribution < -0.4 is 11.2 Å². The van der Waals surface area contributed by atoms with Crippen LogP contribution >= 0.6 is 0 Å². The fourth-order valence-electron chi connectivity index (χ4n) is 2.49. The summed E-state index contributed by atoms with van der Waals surface area (Å²) in [6.45, 7) is 1.73. The maximum Gasteiger partial charge on any atom is 0.335 e. The average Bonchev–Trinajstić information content (AvgIpc) is 2.63. The molecule has 8 heteroatoms. The predicted molar refractivity (Wildman–Crippen MR) is 99.7 cm³/mol. The Labute approximate surface area is 152 Å². The summed E-state index contributed by atoms with van der Waals surface area (Å²) >= 11 is 0. The van der Waals surface area contributed by atoms with Gasteiger partial charge in [0.25, 0.3) is 5.56 Å². The molecule has 0 radical (unpaired) electrons. The minimum absolute atomic E-state index is 0.0418. The van der Waals surface area contributed by atoms with Gasteiger partial charge < -0.3 is 10.2 Å². The number of para-hydroxylation sites is 1. The van der Waals surface area contributed by atoms with E-state index in [9.17, 15) is 19.5 Å². The number of rotatable bonds is 4. The van der Waals surface area contributed by atoms with E-state index in [2.05, 4.69) is 9.98 Å². The van der Waals surface area contributed by atoms with Crippen molar-refractivity contribution in [2.75, 3.05) is 0 Å². The smallest absolute Gasteiger partial charge is 0.335 e. The summed E-state index contributed by atoms with van der Waals surface area (Å²) in [4.78, 5) is 41.6. The summed E-state index contributed by atoms with van der Waals surface area (Å²) in [5.41, 5.74) is -0.395. The molecule has 3 aromatic rings. The van der Waals surface area contributed by atoms with Crippen LogP contribution in [-0.2, 0) is 0 Å². The van der Waals surface area contributed by atoms with Gasteiger partial charge in [-0.1, -0.05) is 24.3 Å². The molecule has 27 heavy (non-hydrogen) atoms. The Hall–Kier alpha value is -3.94. The molecule has 0 bridgehead atoms. The lowest BCUT2D eigenvalue weighted by molar-refractivity contribution is 0.0697. The first kappa shape index (κ1) is 17.9. The first-order valence-corrected chi connectivity index (χ1v) is 7.90. The van der Waals surface area contributed by atoms with Gasteiger partial charge in [0, 0.05) is 6.21 Å². The fraction of sp³-hybridized carbons (Fsp3) is 0.0526. The third-order valence-corrected chi connectivity index (χ3v) is 3.92. The van der Waals surface area contributed by atoms with Crippen LogP contribution in [0, 0.1) is 6.92 Å². The van der Waals surface area contributed by atoms with Crippen molar-refractivity contribution in [3.05, 3.63) is 86.1 Å². The zero-order valence-corrected chi connectivity index (χ0v) is 14.2. The molecule has 3 rings (SSSR count). The van der Waals surface area contributed by atoms with E-state index in [1.807, 2.05) is 0 Å². The number of aliphatic imine (C=N–C) groups is 1. The van der Waals surface area contributed by atoms with Crippen molar-refractivity contribution in [2.24, 2.45) is 4.99 Å². The summed E-state index contributed by atoms with van der Waals surface area (Å²) in [6, 6.07) is 12.7. The monoisotopic (exact) mass is 365 g/mol. The maximum atomic E-state index is 12.1. The molecular weight excluding hydrogens is 350 g/mol. The van der Waals surface area contributed by atoms with Crippen LogP contribution in [0.15, 0.2) is 63.1 Å². The molecule has 0 fully saturated rings. The van der Waals surface area contributed by atoms with Crippen molar-refractivity contribution in [3.63, 3.8) is 0 Å². The van der Waals surface area contributed by atoms with Gasteiger partial charge in [0.1, 0.15) is 5.56 Å². The number of hydrogen-bond acceptors (Lipinski definition) is 5. The number of hydrogen-bond donors (Lipinski definition) is 3. The highest BCUT2D eigenvalue weighted by Gasteiger charge is 2.14. The van der Waals surface area contributed by atoms with Crippen molar-refractivity contribution in [2.45, 2.75) is 6.92 Å². The third-order valence-electron chi connectivity index (χ3n) is 3.92. The van der Waals surface area contributed by atoms with Gasteiger partial charge >= 0.3 is 11.7 Å². The predicted octanol–water partition coefficient (Wildman–Crippen LogP) is 1.99. The molecule has 0 atom stereocenters. The van der Waals surface area contributed by atoms with Crippen molar-refractivity contribution in [1.29, 1.82) is 0 Å². The molecule has 0 aliphatic heterocycles. The van der Waals surface area contributed by atoms with Crippen molar-refractivity contribution >= 4 is 17.9 Å². The molecule has 0 saturated carbocycles. The molecule has 0 saturated heterocycles. The van der Waals surface area contributed by atoms with E-state index in [0.29, 0.717) is 16.9 Å². The molecule has 1 heterocycles. The van der Waals surface area contributed by atoms with E-state index in [-0.39, 0.29) is 11.1 Å². The first-order valence-electron chi connectivity index (χ1n) is 7.90. The Bertz CT molecular complexity index is 1160. The van der Waals surface area contributed by atoms with Crippen LogP contribution in [0.3, 0.4) is 0 Å². The number of aromatic hydroxyl groups is 1. The largest absolute Gasteiger partial charge is 0.493 e. The SMILES string of the molecule is Cc1ccc(C(=O)O)cc1N=Cc1c(O)n(-c2ccccc2)c(=O)[nH]c1=O. The Kier molecular flexibility index (Phi) is 4.71. The molecule has 8 nitrogen and oxygen atoms in total. The zero-order chi connectivity index (χ0) is 19.6. The lowest BCUT2D eigenvalue weighted by Crippen LogP contribution is -2.31. The minimum atomic E-state index is -1.11. The number of carboxylic acid groups (broad SMARTS) is 1. The quantitative estimate of drug-likeness (QED) is 0.610. The number of aromatic carboxylic acids is 1. The lowest BCUT2D eigenvalue weighted by Gasteiger charge is -2.09. The van der Waals surface area contributed by atoms with Gasteiger partial charge in [-0.05, 0) is 36.8 Å². The second kappa shape index (κ2) is 7.12. The van der Waals surface area contributed by atoms with Crippen LogP contribution in [-0.4, -0.2) is 31.9 Å². The van der Waals surface area contributed by atoms with E-state index in [4.69, 9.17) is 5.11 Å². The van der Waals surface area contributed by atoms with Gasteiger partial charge in [-0.2, -0.15) is 0 Å². The van der Waals surface area contributed by atoms with Crippen molar-refractivity contribution in [1.82, 2.24) is 9.55 Å². The summed E-state index contributed by atoms with van der Waals surface area (Å²) < 4.78 is 0.948. The van der Waals surface area contributed by atoms with Crippen molar-refractivity contribution in [3.8, 4) is 11.6 Å². The standard InChI is InChI=1S/C19H15N3O5/c1-11-7-8-12(18(25)26)9-15(11)20-10-14-16(23)21-19(27)22(17(14)24)13-5-3-2-4-6-13/h2-10,24H,1H3,(H,25,26)(H,21,23,27). The highest BCUT2D eigenvalue weighted by molar-refractivity contribution is 5.90. The van der Waals surface area contributed by atoms with E-state index < -0.39 is 23.1 Å². The van der Waals surface area contributed by atoms with Crippen LogP contribution in [0.5, 0.6) is 5.88 Å². The van der Waals surface area contributed by atoms with Gasteiger partial charge in [-0.3, -0.25) is 14.8 Å². The van der Waals surface area contributed by atoms with E-state index in [0.717, 1.165) is 10.8 Å². The Balaban J connectivity index is 2.13. The molecule has 0 unspecified atom stereocenters. The van der Waals surface area contributed by atoms with Crippen molar-refractivity contribution < 1.29 is 15.0 Å². The Morgan fingerprint density at radius 3 is 2.52 bits per heavy atom. The van der Waals surface area contributed by atoms with Crippen LogP contribution in [0.2, 0.25) is 0 Å². The Morgan fingerprint density at radius 1 is 1.15 bits per heavy atom. The lowest BCUT2D eigenvalue weighted by atomic mass is 10.1. The van der Waals surface area contributed by atoms with Gasteiger partial charge in [-0.25, -0.2) is 14.2 Å². The molecule has 0 spiro atoms. The van der Waals surface area contributed by atoms with E-state index in [1.165, 1.54) is 12.1 Å². The van der Waals surface area contributed by atoms with Crippen LogP contribution in [0.1, 0.15) is 21.5 Å². The molecule has 1 aromatic heterocycles. The molecule has 3 N–H and O–H groups in total. The minimum Gasteiger partial charge on any atom is -0.493 e. The van der Waals surface area contributed by atoms with Gasteiger partial charge in [0.15, 0.2) is 0 Å². The average molecular weight is 365 g/mol. The summed E-state index contributed by atoms with van der Waals surface area (Å²) in [5, 5.41) is 19.5. The number of carbonyl (C=O) groups is 1. The van der Waals surface area contributed by atoms with Crippen LogP contribution in [0.25, 0.3) is 5.69 Å². The van der Waals surface area contributed by atoms with E-state index >= 15 is 0 Å². The number of nitrogens with zero attached hydrogens (tertiary/aromatic N) is 2. The summed E-state index contributed by atoms with van der Waals surface area (Å²) in [5.74, 6) is -1.67. The number of carboxylic acids is 1. The number of benzene rings is 2. The van der Waals surface area contributed by atoms with Gasteiger partial charge in [0.2, 0.25) is 5.88 Å². The highest BCUT2D eigenvalue weighted by Crippen LogP contribution is 2.21.